The molecule has 2 unspecified atom stereocenters. The summed E-state index contributed by atoms with van der Waals surface area (Å²) < 4.78 is 37.3. The summed E-state index contributed by atoms with van der Waals surface area (Å²) in [7, 11) is 1.54. The van der Waals surface area contributed by atoms with Gasteiger partial charge in [0.15, 0.2) is 11.5 Å². The fourth-order valence-corrected chi connectivity index (χ4v) is 2.60. The standard InChI is InChI=1S/C17H24F2N2O3.ClH/c1-10(2)24-14-6-5-12(7-15(14)23-4)11(3)21-16(22)13-8-17(18,19)9-20-13;/h5-7,10-11,13,20H,8-9H2,1-4H3,(H,21,22);1H. The molecule has 0 spiro atoms. The minimum absolute atomic E-state index is 0. The summed E-state index contributed by atoms with van der Waals surface area (Å²) in [5, 5.41) is 5.31. The smallest absolute Gasteiger partial charge is 0.262 e. The van der Waals surface area contributed by atoms with Crippen LogP contribution in [0.2, 0.25) is 0 Å². The Labute approximate surface area is 152 Å². The Balaban J connectivity index is 0.00000312. The van der Waals surface area contributed by atoms with Gasteiger partial charge < -0.3 is 14.8 Å². The molecule has 1 saturated heterocycles. The topological polar surface area (TPSA) is 59.6 Å². The number of amides is 1. The van der Waals surface area contributed by atoms with Crippen molar-refractivity contribution in [3.63, 3.8) is 0 Å². The lowest BCUT2D eigenvalue weighted by atomic mass is 10.1. The molecule has 0 bridgehead atoms. The Morgan fingerprint density at radius 2 is 2.00 bits per heavy atom. The lowest BCUT2D eigenvalue weighted by molar-refractivity contribution is -0.124. The summed E-state index contributed by atoms with van der Waals surface area (Å²) in [5.74, 6) is -2.08. The zero-order valence-electron chi connectivity index (χ0n) is 14.8. The van der Waals surface area contributed by atoms with Crippen LogP contribution in [0.4, 0.5) is 8.78 Å². The Morgan fingerprint density at radius 1 is 1.32 bits per heavy atom. The molecular formula is C17H25ClF2N2O3. The van der Waals surface area contributed by atoms with Crippen LogP contribution >= 0.6 is 12.4 Å². The van der Waals surface area contributed by atoms with E-state index in [0.29, 0.717) is 11.5 Å². The molecule has 0 aliphatic carbocycles. The number of hydrogen-bond acceptors (Lipinski definition) is 4. The van der Waals surface area contributed by atoms with Crippen LogP contribution in [-0.2, 0) is 4.79 Å². The van der Waals surface area contributed by atoms with Crippen LogP contribution in [0.3, 0.4) is 0 Å². The van der Waals surface area contributed by atoms with Crippen LogP contribution < -0.4 is 20.1 Å². The van der Waals surface area contributed by atoms with Gasteiger partial charge in [-0.15, -0.1) is 12.4 Å². The van der Waals surface area contributed by atoms with Gasteiger partial charge in [-0.25, -0.2) is 8.78 Å². The molecular weight excluding hydrogens is 354 g/mol. The van der Waals surface area contributed by atoms with Gasteiger partial charge >= 0.3 is 0 Å². The van der Waals surface area contributed by atoms with Crippen LogP contribution in [0.1, 0.15) is 38.8 Å². The quantitative estimate of drug-likeness (QED) is 0.798. The van der Waals surface area contributed by atoms with E-state index in [1.165, 1.54) is 0 Å². The zero-order chi connectivity index (χ0) is 17.9. The van der Waals surface area contributed by atoms with Crippen molar-refractivity contribution in [3.8, 4) is 11.5 Å². The van der Waals surface area contributed by atoms with Crippen molar-refractivity contribution in [3.05, 3.63) is 23.8 Å². The fourth-order valence-electron chi connectivity index (χ4n) is 2.60. The van der Waals surface area contributed by atoms with Crippen LogP contribution in [-0.4, -0.2) is 37.6 Å². The molecule has 5 nitrogen and oxygen atoms in total. The first kappa shape index (κ1) is 21.4. The number of methoxy groups -OCH3 is 1. The van der Waals surface area contributed by atoms with Crippen LogP contribution in [0.5, 0.6) is 11.5 Å². The molecule has 1 aromatic rings. The normalized spacial score (nSPS) is 19.9. The highest BCUT2D eigenvalue weighted by atomic mass is 35.5. The molecule has 1 amide bonds. The fraction of sp³-hybridized carbons (Fsp3) is 0.588. The van der Waals surface area contributed by atoms with Gasteiger partial charge in [0.1, 0.15) is 0 Å². The molecule has 1 fully saturated rings. The lowest BCUT2D eigenvalue weighted by Gasteiger charge is -2.20. The van der Waals surface area contributed by atoms with Gasteiger partial charge in [0, 0.05) is 6.42 Å². The average Bonchev–Trinajstić information content (AvgIpc) is 2.87. The monoisotopic (exact) mass is 378 g/mol. The van der Waals surface area contributed by atoms with Crippen LogP contribution in [0.15, 0.2) is 18.2 Å². The van der Waals surface area contributed by atoms with Gasteiger partial charge in [0.25, 0.3) is 5.92 Å². The number of rotatable bonds is 6. The van der Waals surface area contributed by atoms with Crippen LogP contribution in [0, 0.1) is 0 Å². The molecule has 1 heterocycles. The second-order valence-corrected chi connectivity index (χ2v) is 6.30. The van der Waals surface area contributed by atoms with E-state index in [9.17, 15) is 13.6 Å². The van der Waals surface area contributed by atoms with E-state index in [2.05, 4.69) is 10.6 Å². The molecule has 0 aromatic heterocycles. The SMILES string of the molecule is COc1cc(C(C)NC(=O)C2CC(F)(F)CN2)ccc1OC(C)C.Cl. The molecule has 1 aromatic carbocycles. The molecule has 2 rings (SSSR count). The van der Waals surface area contributed by atoms with E-state index >= 15 is 0 Å². The Kier molecular flexibility index (Phi) is 7.44. The minimum atomic E-state index is -2.83. The van der Waals surface area contributed by atoms with E-state index in [4.69, 9.17) is 9.47 Å². The zero-order valence-corrected chi connectivity index (χ0v) is 15.6. The average molecular weight is 379 g/mol. The Morgan fingerprint density at radius 3 is 2.52 bits per heavy atom. The molecule has 2 N–H and O–H groups in total. The van der Waals surface area contributed by atoms with Crippen molar-refractivity contribution in [1.29, 1.82) is 0 Å². The van der Waals surface area contributed by atoms with E-state index in [1.807, 2.05) is 19.9 Å². The summed E-state index contributed by atoms with van der Waals surface area (Å²) >= 11 is 0. The molecule has 1 aliphatic rings. The van der Waals surface area contributed by atoms with E-state index in [0.717, 1.165) is 5.56 Å². The van der Waals surface area contributed by atoms with Gasteiger partial charge in [-0.3, -0.25) is 10.1 Å². The molecule has 0 radical (unpaired) electrons. The Hall–Kier alpha value is -1.60. The highest BCUT2D eigenvalue weighted by Crippen LogP contribution is 2.31. The van der Waals surface area contributed by atoms with Crippen LogP contribution in [0.25, 0.3) is 0 Å². The molecule has 2 atom stereocenters. The first-order chi connectivity index (χ1) is 11.2. The van der Waals surface area contributed by atoms with Gasteiger partial charge in [0.05, 0.1) is 31.8 Å². The van der Waals surface area contributed by atoms with Crippen molar-refractivity contribution < 1.29 is 23.0 Å². The van der Waals surface area contributed by atoms with Crippen molar-refractivity contribution in [2.75, 3.05) is 13.7 Å². The van der Waals surface area contributed by atoms with E-state index < -0.39 is 30.8 Å². The summed E-state index contributed by atoms with van der Waals surface area (Å²) in [5.41, 5.74) is 0.807. The highest BCUT2D eigenvalue weighted by molar-refractivity contribution is 5.85. The maximum absolute atomic E-state index is 13.2. The third-order valence-corrected chi connectivity index (χ3v) is 3.84. The van der Waals surface area contributed by atoms with E-state index in [-0.39, 0.29) is 24.6 Å². The maximum atomic E-state index is 13.2. The third-order valence-electron chi connectivity index (χ3n) is 3.84. The van der Waals surface area contributed by atoms with Gasteiger partial charge in [-0.05, 0) is 38.5 Å². The van der Waals surface area contributed by atoms with Crippen molar-refractivity contribution in [2.45, 2.75) is 51.3 Å². The van der Waals surface area contributed by atoms with Gasteiger partial charge in [0.2, 0.25) is 5.91 Å². The minimum Gasteiger partial charge on any atom is -0.493 e. The molecule has 25 heavy (non-hydrogen) atoms. The number of alkyl halides is 2. The number of nitrogens with one attached hydrogen (secondary N) is 2. The second-order valence-electron chi connectivity index (χ2n) is 6.30. The number of halogens is 3. The van der Waals surface area contributed by atoms with Crippen molar-refractivity contribution >= 4 is 18.3 Å². The molecule has 8 heteroatoms. The maximum Gasteiger partial charge on any atom is 0.262 e. The summed E-state index contributed by atoms with van der Waals surface area (Å²) in [6.45, 7) is 5.17. The van der Waals surface area contributed by atoms with Crippen molar-refractivity contribution in [2.24, 2.45) is 0 Å². The number of hydrogen-bond donors (Lipinski definition) is 2. The molecule has 142 valence electrons. The van der Waals surface area contributed by atoms with Gasteiger partial charge in [-0.2, -0.15) is 0 Å². The first-order valence-corrected chi connectivity index (χ1v) is 7.98. The number of benzene rings is 1. The lowest BCUT2D eigenvalue weighted by Crippen LogP contribution is -2.41. The number of ether oxygens (including phenoxy) is 2. The summed E-state index contributed by atoms with van der Waals surface area (Å²) in [6.07, 6.45) is -0.465. The second kappa shape index (κ2) is 8.67. The predicted molar refractivity (Wildman–Crippen MR) is 93.9 cm³/mol. The summed E-state index contributed by atoms with van der Waals surface area (Å²) in [6, 6.07) is 4.17. The first-order valence-electron chi connectivity index (χ1n) is 7.98. The molecule has 1 aliphatic heterocycles. The predicted octanol–water partition coefficient (Wildman–Crippen LogP) is 3.08. The third kappa shape index (κ3) is 5.71. The summed E-state index contributed by atoms with van der Waals surface area (Å²) in [4.78, 5) is 12.1. The van der Waals surface area contributed by atoms with Crippen molar-refractivity contribution in [1.82, 2.24) is 10.6 Å². The largest absolute Gasteiger partial charge is 0.493 e. The van der Waals surface area contributed by atoms with E-state index in [1.54, 1.807) is 26.2 Å². The Bertz CT molecular complexity index is 599. The number of carbonyl (C=O) groups excluding carboxylic acids is 1. The number of carbonyl (C=O) groups is 1. The highest BCUT2D eigenvalue weighted by Gasteiger charge is 2.42. The molecule has 0 saturated carbocycles. The van der Waals surface area contributed by atoms with Gasteiger partial charge in [-0.1, -0.05) is 6.07 Å².